The summed E-state index contributed by atoms with van der Waals surface area (Å²) < 4.78 is 41.3. The number of piperidine rings is 2. The van der Waals surface area contributed by atoms with Gasteiger partial charge >= 0.3 is 0 Å². The standard InChI is InChI=1S/C33H45F2N7O3/c34-26-1-6-31(32(35)21-26)33(43,23-42-25-36-24-37-42)22-40-11-9-29(10-12-40)41-13-7-28(8-14-41)38-27-2-4-30(5-3-27)45-20-17-39-15-18-44-19-16-39/h1-6,21,24-25,28-29,38,43H,7-20,22-23H2. The second-order valence-corrected chi connectivity index (χ2v) is 12.5. The van der Waals surface area contributed by atoms with Crippen molar-refractivity contribution in [2.45, 2.75) is 49.9 Å². The minimum absolute atomic E-state index is 0.0284. The number of aromatic nitrogens is 3. The summed E-state index contributed by atoms with van der Waals surface area (Å²) in [7, 11) is 0. The van der Waals surface area contributed by atoms with Crippen molar-refractivity contribution in [3.05, 3.63) is 72.3 Å². The van der Waals surface area contributed by atoms with Crippen molar-refractivity contribution in [3.8, 4) is 5.75 Å². The number of anilines is 1. The van der Waals surface area contributed by atoms with Crippen LogP contribution in [0.4, 0.5) is 14.5 Å². The van der Waals surface area contributed by atoms with Crippen molar-refractivity contribution in [1.29, 1.82) is 0 Å². The van der Waals surface area contributed by atoms with Crippen LogP contribution in [0.2, 0.25) is 0 Å². The van der Waals surface area contributed by atoms with Crippen LogP contribution in [0.1, 0.15) is 31.2 Å². The normalized spacial score (nSPS) is 21.0. The summed E-state index contributed by atoms with van der Waals surface area (Å²) in [4.78, 5) is 11.1. The Morgan fingerprint density at radius 1 is 0.911 bits per heavy atom. The Morgan fingerprint density at radius 3 is 2.36 bits per heavy atom. The monoisotopic (exact) mass is 625 g/mol. The lowest BCUT2D eigenvalue weighted by atomic mass is 9.90. The maximum absolute atomic E-state index is 14.8. The van der Waals surface area contributed by atoms with Crippen molar-refractivity contribution in [2.75, 3.05) is 77.5 Å². The third kappa shape index (κ3) is 8.56. The number of β-amino-alcohol motifs (C(OH)–C–C–N with tert-alkyl or cyclic N) is 1. The van der Waals surface area contributed by atoms with Crippen LogP contribution in [0.15, 0.2) is 55.1 Å². The molecule has 0 aliphatic carbocycles. The first-order valence-corrected chi connectivity index (χ1v) is 16.2. The van der Waals surface area contributed by atoms with Crippen LogP contribution >= 0.6 is 0 Å². The third-order valence-corrected chi connectivity index (χ3v) is 9.42. The fourth-order valence-corrected chi connectivity index (χ4v) is 6.89. The Hall–Kier alpha value is -3.16. The first kappa shape index (κ1) is 31.8. The van der Waals surface area contributed by atoms with Crippen LogP contribution in [0.3, 0.4) is 0 Å². The number of nitrogens with zero attached hydrogens (tertiary/aromatic N) is 6. The first-order valence-electron chi connectivity index (χ1n) is 16.2. The fraction of sp³-hybridized carbons (Fsp3) is 0.576. The largest absolute Gasteiger partial charge is 0.492 e. The van der Waals surface area contributed by atoms with Crippen molar-refractivity contribution in [2.24, 2.45) is 0 Å². The van der Waals surface area contributed by atoms with Crippen molar-refractivity contribution < 1.29 is 23.4 Å². The highest BCUT2D eigenvalue weighted by molar-refractivity contribution is 5.47. The molecule has 3 fully saturated rings. The van der Waals surface area contributed by atoms with Crippen LogP contribution in [0.5, 0.6) is 5.75 Å². The molecule has 3 aromatic rings. The second-order valence-electron chi connectivity index (χ2n) is 12.5. The van der Waals surface area contributed by atoms with E-state index < -0.39 is 17.2 Å². The Labute approximate surface area is 263 Å². The molecule has 0 bridgehead atoms. The van der Waals surface area contributed by atoms with Gasteiger partial charge in [-0.25, -0.2) is 18.4 Å². The average molecular weight is 626 g/mol. The van der Waals surface area contributed by atoms with Crippen LogP contribution in [0, 0.1) is 11.6 Å². The molecule has 12 heteroatoms. The number of aliphatic hydroxyl groups is 1. The Kier molecular flexibility index (Phi) is 10.6. The lowest BCUT2D eigenvalue weighted by Gasteiger charge is -2.43. The Morgan fingerprint density at radius 2 is 1.67 bits per heavy atom. The summed E-state index contributed by atoms with van der Waals surface area (Å²) in [5.41, 5.74) is -0.379. The molecule has 0 amide bonds. The average Bonchev–Trinajstić information content (AvgIpc) is 3.56. The molecule has 244 valence electrons. The minimum Gasteiger partial charge on any atom is -0.492 e. The third-order valence-electron chi connectivity index (χ3n) is 9.42. The summed E-state index contributed by atoms with van der Waals surface area (Å²) in [6.07, 6.45) is 7.01. The number of ether oxygens (including phenoxy) is 2. The number of benzene rings is 2. The SMILES string of the molecule is OC(CN1CCC(N2CCC(Nc3ccc(OCCN4CCOCC4)cc3)CC2)CC1)(Cn1cncn1)c1ccc(F)cc1F. The second kappa shape index (κ2) is 15.0. The number of rotatable bonds is 12. The Balaban J connectivity index is 0.940. The summed E-state index contributed by atoms with van der Waals surface area (Å²) in [5, 5.41) is 19.5. The lowest BCUT2D eigenvalue weighted by Crippen LogP contribution is -2.52. The van der Waals surface area contributed by atoms with Gasteiger partial charge in [0, 0.05) is 68.7 Å². The highest BCUT2D eigenvalue weighted by Crippen LogP contribution is 2.30. The van der Waals surface area contributed by atoms with Gasteiger partial charge in [-0.15, -0.1) is 0 Å². The molecule has 1 atom stereocenters. The van der Waals surface area contributed by atoms with Crippen molar-refractivity contribution >= 4 is 5.69 Å². The molecule has 4 heterocycles. The molecule has 2 N–H and O–H groups in total. The number of likely N-dealkylation sites (tertiary alicyclic amines) is 2. The van der Waals surface area contributed by atoms with E-state index >= 15 is 0 Å². The van der Waals surface area contributed by atoms with Crippen molar-refractivity contribution in [3.63, 3.8) is 0 Å². The van der Waals surface area contributed by atoms with Crippen molar-refractivity contribution in [1.82, 2.24) is 29.5 Å². The van der Waals surface area contributed by atoms with Gasteiger partial charge in [-0.2, -0.15) is 5.10 Å². The van der Waals surface area contributed by atoms with E-state index in [9.17, 15) is 13.9 Å². The van der Waals surface area contributed by atoms with E-state index in [2.05, 4.69) is 42.2 Å². The molecular weight excluding hydrogens is 580 g/mol. The predicted octanol–water partition coefficient (Wildman–Crippen LogP) is 3.20. The topological polar surface area (TPSA) is 91.2 Å². The summed E-state index contributed by atoms with van der Waals surface area (Å²) in [6, 6.07) is 12.6. The van der Waals surface area contributed by atoms with Gasteiger partial charge in [0.05, 0.1) is 19.8 Å². The quantitative estimate of drug-likeness (QED) is 0.315. The van der Waals surface area contributed by atoms with Gasteiger partial charge < -0.3 is 24.8 Å². The van der Waals surface area contributed by atoms with E-state index in [1.165, 1.54) is 29.5 Å². The minimum atomic E-state index is -1.57. The molecule has 10 nitrogen and oxygen atoms in total. The van der Waals surface area contributed by atoms with Crippen LogP contribution in [-0.4, -0.2) is 119 Å². The Bertz CT molecular complexity index is 1330. The van der Waals surface area contributed by atoms with Gasteiger partial charge in [-0.3, -0.25) is 9.80 Å². The molecule has 45 heavy (non-hydrogen) atoms. The van der Waals surface area contributed by atoms with Gasteiger partial charge in [0.1, 0.15) is 42.2 Å². The van der Waals surface area contributed by atoms with Crippen LogP contribution in [0.25, 0.3) is 0 Å². The molecule has 3 aliphatic heterocycles. The highest BCUT2D eigenvalue weighted by atomic mass is 19.1. The van der Waals surface area contributed by atoms with E-state index in [1.54, 1.807) is 0 Å². The maximum Gasteiger partial charge on any atom is 0.137 e. The molecule has 6 rings (SSSR count). The van der Waals surface area contributed by atoms with E-state index in [0.29, 0.717) is 18.7 Å². The molecular formula is C33H45F2N7O3. The molecule has 0 spiro atoms. The molecule has 0 saturated carbocycles. The van der Waals surface area contributed by atoms with Gasteiger partial charge in [0.15, 0.2) is 0 Å². The predicted molar refractivity (Wildman–Crippen MR) is 167 cm³/mol. The first-order chi connectivity index (χ1) is 21.9. The highest BCUT2D eigenvalue weighted by Gasteiger charge is 2.37. The number of nitrogens with one attached hydrogen (secondary N) is 1. The zero-order valence-electron chi connectivity index (χ0n) is 25.9. The maximum atomic E-state index is 14.8. The fourth-order valence-electron chi connectivity index (χ4n) is 6.89. The number of hydrogen-bond donors (Lipinski definition) is 2. The van der Waals surface area contributed by atoms with Gasteiger partial charge in [-0.1, -0.05) is 6.07 Å². The molecule has 1 aromatic heterocycles. The zero-order chi connectivity index (χ0) is 31.1. The van der Waals surface area contributed by atoms with Crippen LogP contribution < -0.4 is 10.1 Å². The van der Waals surface area contributed by atoms with E-state index in [4.69, 9.17) is 9.47 Å². The molecule has 3 saturated heterocycles. The zero-order valence-corrected chi connectivity index (χ0v) is 25.9. The van der Waals surface area contributed by atoms with E-state index in [-0.39, 0.29) is 18.7 Å². The van der Waals surface area contributed by atoms with E-state index in [1.807, 2.05) is 12.1 Å². The smallest absolute Gasteiger partial charge is 0.137 e. The molecule has 3 aliphatic rings. The summed E-state index contributed by atoms with van der Waals surface area (Å²) >= 11 is 0. The molecule has 1 unspecified atom stereocenters. The van der Waals surface area contributed by atoms with Gasteiger partial charge in [0.2, 0.25) is 0 Å². The van der Waals surface area contributed by atoms with Crippen LogP contribution in [-0.2, 0) is 16.9 Å². The van der Waals surface area contributed by atoms with Gasteiger partial charge in [0.25, 0.3) is 0 Å². The van der Waals surface area contributed by atoms with Gasteiger partial charge in [-0.05, 0) is 69.1 Å². The molecule has 2 aromatic carbocycles. The lowest BCUT2D eigenvalue weighted by molar-refractivity contribution is -0.0323. The van der Waals surface area contributed by atoms with E-state index in [0.717, 1.165) is 102 Å². The number of morpholine rings is 1. The summed E-state index contributed by atoms with van der Waals surface area (Å²) in [5.74, 6) is -0.528. The number of hydrogen-bond acceptors (Lipinski definition) is 9. The summed E-state index contributed by atoms with van der Waals surface area (Å²) in [6.45, 7) is 9.10. The number of halogens is 2. The molecule has 0 radical (unpaired) electrons.